The first-order valence-corrected chi connectivity index (χ1v) is 5.71. The zero-order chi connectivity index (χ0) is 14.0. The van der Waals surface area contributed by atoms with Crippen LogP contribution >= 0.6 is 0 Å². The van der Waals surface area contributed by atoms with E-state index in [9.17, 15) is 4.79 Å². The van der Waals surface area contributed by atoms with Crippen molar-refractivity contribution in [1.29, 1.82) is 0 Å². The Morgan fingerprint density at radius 2 is 2.05 bits per heavy atom. The summed E-state index contributed by atoms with van der Waals surface area (Å²) < 4.78 is 5.33. The number of aromatic nitrogens is 3. The molecule has 0 atom stereocenters. The number of carbonyl (C=O) groups is 1. The quantitative estimate of drug-likeness (QED) is 0.864. The van der Waals surface area contributed by atoms with Gasteiger partial charge >= 0.3 is 5.97 Å². The van der Waals surface area contributed by atoms with Crippen molar-refractivity contribution in [2.24, 2.45) is 0 Å². The fourth-order valence-corrected chi connectivity index (χ4v) is 1.54. The van der Waals surface area contributed by atoms with E-state index in [1.807, 2.05) is 13.8 Å². The van der Waals surface area contributed by atoms with Crippen LogP contribution in [0.5, 0.6) is 0 Å². The molecule has 0 fully saturated rings. The van der Waals surface area contributed by atoms with Crippen molar-refractivity contribution in [3.63, 3.8) is 0 Å². The molecule has 2 aromatic rings. The highest BCUT2D eigenvalue weighted by molar-refractivity contribution is 5.88. The van der Waals surface area contributed by atoms with Gasteiger partial charge in [-0.2, -0.15) is 5.10 Å². The summed E-state index contributed by atoms with van der Waals surface area (Å²) in [6.45, 7) is 5.59. The maximum Gasteiger partial charge on any atom is 0.339 e. The second-order valence-electron chi connectivity index (χ2n) is 4.15. The first-order valence-electron chi connectivity index (χ1n) is 5.71. The van der Waals surface area contributed by atoms with Crippen molar-refractivity contribution in [1.82, 2.24) is 15.2 Å². The molecule has 0 saturated carbocycles. The Morgan fingerprint density at radius 3 is 2.63 bits per heavy atom. The van der Waals surface area contributed by atoms with Crippen LogP contribution in [0, 0.1) is 20.8 Å². The Hall–Kier alpha value is -2.44. The number of hydrogen-bond donors (Lipinski definition) is 2. The molecule has 0 bridgehead atoms. The zero-order valence-electron chi connectivity index (χ0n) is 10.9. The molecular formula is C12H14N4O3. The molecule has 100 valence electrons. The van der Waals surface area contributed by atoms with E-state index < -0.39 is 5.97 Å². The van der Waals surface area contributed by atoms with Crippen molar-refractivity contribution in [3.05, 3.63) is 34.5 Å². The number of carboxylic acid groups (broad SMARTS) is 1. The largest absolute Gasteiger partial charge is 0.478 e. The highest BCUT2D eigenvalue weighted by Crippen LogP contribution is 2.15. The molecule has 2 aromatic heterocycles. The summed E-state index contributed by atoms with van der Waals surface area (Å²) in [6, 6.07) is 1.49. The van der Waals surface area contributed by atoms with Crippen LogP contribution in [0.4, 0.5) is 5.95 Å². The second kappa shape index (κ2) is 5.05. The van der Waals surface area contributed by atoms with Gasteiger partial charge in [0.05, 0.1) is 17.9 Å². The molecule has 7 nitrogen and oxygen atoms in total. The van der Waals surface area contributed by atoms with Crippen LogP contribution in [0.1, 0.15) is 33.3 Å². The molecule has 0 unspecified atom stereocenters. The van der Waals surface area contributed by atoms with Crippen LogP contribution in [-0.4, -0.2) is 26.3 Å². The molecule has 2 heterocycles. The van der Waals surface area contributed by atoms with E-state index in [0.717, 1.165) is 11.4 Å². The Kier molecular flexibility index (Phi) is 3.46. The number of anilines is 1. The fourth-order valence-electron chi connectivity index (χ4n) is 1.54. The fraction of sp³-hybridized carbons (Fsp3) is 0.333. The van der Waals surface area contributed by atoms with Crippen LogP contribution < -0.4 is 5.32 Å². The monoisotopic (exact) mass is 262 g/mol. The summed E-state index contributed by atoms with van der Waals surface area (Å²) >= 11 is 0. The first-order chi connectivity index (χ1) is 8.97. The predicted molar refractivity (Wildman–Crippen MR) is 67.0 cm³/mol. The normalized spacial score (nSPS) is 10.5. The Labute approximate surface area is 109 Å². The maximum atomic E-state index is 10.9. The minimum Gasteiger partial charge on any atom is -0.478 e. The molecule has 0 radical (unpaired) electrons. The summed E-state index contributed by atoms with van der Waals surface area (Å²) in [6.07, 6.45) is 0. The molecule has 2 rings (SSSR count). The van der Waals surface area contributed by atoms with Gasteiger partial charge in [-0.15, -0.1) is 5.10 Å². The second-order valence-corrected chi connectivity index (χ2v) is 4.15. The van der Waals surface area contributed by atoms with Crippen molar-refractivity contribution in [3.8, 4) is 0 Å². The highest BCUT2D eigenvalue weighted by atomic mass is 16.4. The molecule has 0 aliphatic heterocycles. The molecule has 7 heteroatoms. The van der Waals surface area contributed by atoms with Crippen molar-refractivity contribution < 1.29 is 14.3 Å². The number of nitrogens with zero attached hydrogens (tertiary/aromatic N) is 3. The number of nitrogens with one attached hydrogen (secondary N) is 1. The van der Waals surface area contributed by atoms with Crippen molar-refractivity contribution in [2.75, 3.05) is 5.32 Å². The molecule has 0 amide bonds. The lowest BCUT2D eigenvalue weighted by Gasteiger charge is -2.03. The van der Waals surface area contributed by atoms with Gasteiger partial charge in [-0.05, 0) is 26.8 Å². The van der Waals surface area contributed by atoms with Crippen LogP contribution in [0.2, 0.25) is 0 Å². The van der Waals surface area contributed by atoms with E-state index in [2.05, 4.69) is 20.5 Å². The van der Waals surface area contributed by atoms with Gasteiger partial charge < -0.3 is 14.8 Å². The summed E-state index contributed by atoms with van der Waals surface area (Å²) in [7, 11) is 0. The predicted octanol–water partition coefficient (Wildman–Crippen LogP) is 1.70. The van der Waals surface area contributed by atoms with E-state index >= 15 is 0 Å². The molecular weight excluding hydrogens is 248 g/mol. The number of rotatable bonds is 4. The number of aryl methyl sites for hydroxylation is 3. The summed E-state index contributed by atoms with van der Waals surface area (Å²) in [5, 5.41) is 19.7. The maximum absolute atomic E-state index is 10.9. The van der Waals surface area contributed by atoms with Crippen molar-refractivity contribution in [2.45, 2.75) is 27.3 Å². The minimum absolute atomic E-state index is 0.163. The van der Waals surface area contributed by atoms with E-state index in [1.165, 1.54) is 6.07 Å². The summed E-state index contributed by atoms with van der Waals surface area (Å²) in [5.41, 5.74) is 1.72. The molecule has 19 heavy (non-hydrogen) atoms. The molecule has 0 spiro atoms. The third-order valence-corrected chi connectivity index (χ3v) is 2.71. The Bertz CT molecular complexity index is 621. The number of carboxylic acids is 1. The van der Waals surface area contributed by atoms with Gasteiger partial charge in [-0.25, -0.2) is 9.78 Å². The number of aromatic carboxylic acids is 1. The Balaban J connectivity index is 2.08. The van der Waals surface area contributed by atoms with Gasteiger partial charge in [0, 0.05) is 0 Å². The van der Waals surface area contributed by atoms with Crippen molar-refractivity contribution >= 4 is 11.9 Å². The van der Waals surface area contributed by atoms with Gasteiger partial charge in [-0.3, -0.25) is 0 Å². The first kappa shape index (κ1) is 13.0. The lowest BCUT2D eigenvalue weighted by atomic mass is 10.2. The highest BCUT2D eigenvalue weighted by Gasteiger charge is 2.13. The van der Waals surface area contributed by atoms with Gasteiger partial charge in [-0.1, -0.05) is 0 Å². The lowest BCUT2D eigenvalue weighted by Crippen LogP contribution is -2.06. The van der Waals surface area contributed by atoms with Gasteiger partial charge in [0.2, 0.25) is 5.95 Å². The van der Waals surface area contributed by atoms with E-state index in [4.69, 9.17) is 9.52 Å². The summed E-state index contributed by atoms with van der Waals surface area (Å²) in [5.74, 6) is 0.269. The van der Waals surface area contributed by atoms with Gasteiger partial charge in [0.25, 0.3) is 0 Å². The average molecular weight is 262 g/mol. The number of hydrogen-bond acceptors (Lipinski definition) is 6. The third kappa shape index (κ3) is 2.87. The van der Waals surface area contributed by atoms with Gasteiger partial charge in [0.15, 0.2) is 0 Å². The molecule has 0 aliphatic carbocycles. The average Bonchev–Trinajstić information content (AvgIpc) is 2.72. The summed E-state index contributed by atoms with van der Waals surface area (Å²) in [4.78, 5) is 15.1. The van der Waals surface area contributed by atoms with E-state index in [0.29, 0.717) is 24.0 Å². The minimum atomic E-state index is -1.00. The smallest absolute Gasteiger partial charge is 0.339 e. The topological polar surface area (TPSA) is 101 Å². The van der Waals surface area contributed by atoms with E-state index in [1.54, 1.807) is 6.92 Å². The molecule has 0 aromatic carbocycles. The van der Waals surface area contributed by atoms with Crippen LogP contribution in [0.15, 0.2) is 10.5 Å². The van der Waals surface area contributed by atoms with E-state index in [-0.39, 0.29) is 5.56 Å². The molecule has 2 N–H and O–H groups in total. The zero-order valence-corrected chi connectivity index (χ0v) is 10.9. The third-order valence-electron chi connectivity index (χ3n) is 2.71. The number of furan rings is 1. The van der Waals surface area contributed by atoms with Crippen LogP contribution in [-0.2, 0) is 6.54 Å². The van der Waals surface area contributed by atoms with Gasteiger partial charge in [0.1, 0.15) is 17.1 Å². The lowest BCUT2D eigenvalue weighted by molar-refractivity contribution is 0.0695. The Morgan fingerprint density at radius 1 is 1.32 bits per heavy atom. The van der Waals surface area contributed by atoms with Crippen LogP contribution in [0.25, 0.3) is 0 Å². The molecule has 0 saturated heterocycles. The standard InChI is InChI=1S/C12H14N4O3/c1-6-7(2)15-16-12(14-6)13-5-9-4-10(11(17)18)8(3)19-9/h4H,5H2,1-3H3,(H,17,18)(H,13,14,16). The SMILES string of the molecule is Cc1nnc(NCc2cc(C(=O)O)c(C)o2)nc1C. The molecule has 0 aliphatic rings. The van der Waals surface area contributed by atoms with Crippen LogP contribution in [0.3, 0.4) is 0 Å².